The van der Waals surface area contributed by atoms with Crippen molar-refractivity contribution in [1.82, 2.24) is 4.31 Å². The van der Waals surface area contributed by atoms with Crippen molar-refractivity contribution < 1.29 is 13.2 Å². The normalized spacial score (nSPS) is 11.7. The largest absolute Gasteiger partial charge is 0.324 e. The molecule has 1 N–H and O–H groups in total. The molecule has 0 fully saturated rings. The van der Waals surface area contributed by atoms with E-state index in [1.54, 1.807) is 6.08 Å². The van der Waals surface area contributed by atoms with Crippen molar-refractivity contribution in [3.63, 3.8) is 0 Å². The highest BCUT2D eigenvalue weighted by Crippen LogP contribution is 2.23. The number of aryl methyl sites for hydroxylation is 2. The lowest BCUT2D eigenvalue weighted by Gasteiger charge is -2.21. The molecule has 0 aliphatic rings. The van der Waals surface area contributed by atoms with Crippen LogP contribution in [0.2, 0.25) is 0 Å². The summed E-state index contributed by atoms with van der Waals surface area (Å²) in [6, 6.07) is 24.4. The van der Waals surface area contributed by atoms with Gasteiger partial charge in [-0.1, -0.05) is 92.7 Å². The Bertz CT molecular complexity index is 1170. The Morgan fingerprint density at radius 1 is 0.848 bits per heavy atom. The number of hydrogen-bond acceptors (Lipinski definition) is 3. The molecule has 0 atom stereocenters. The van der Waals surface area contributed by atoms with Gasteiger partial charge in [0.25, 0.3) is 0 Å². The fourth-order valence-corrected chi connectivity index (χ4v) is 4.71. The van der Waals surface area contributed by atoms with E-state index in [1.165, 1.54) is 4.31 Å². The summed E-state index contributed by atoms with van der Waals surface area (Å²) >= 11 is 0. The minimum Gasteiger partial charge on any atom is -0.324 e. The lowest BCUT2D eigenvalue weighted by atomic mass is 10.0. The van der Waals surface area contributed by atoms with Crippen LogP contribution in [0.3, 0.4) is 0 Å². The highest BCUT2D eigenvalue weighted by Gasteiger charge is 2.23. The second kappa shape index (κ2) is 11.6. The predicted octanol–water partition coefficient (Wildman–Crippen LogP) is 5.25. The van der Waals surface area contributed by atoms with E-state index < -0.39 is 10.0 Å². The van der Waals surface area contributed by atoms with Gasteiger partial charge >= 0.3 is 0 Å². The van der Waals surface area contributed by atoms with Crippen LogP contribution in [0.1, 0.15) is 36.1 Å². The SMILES string of the molecule is CCc1cccc(CC)c1NC(=O)CN(Cc1ccccc1)S(=O)(=O)/C=C/c1ccccc1. The molecule has 6 heteroatoms. The van der Waals surface area contributed by atoms with Crippen LogP contribution in [0, 0.1) is 0 Å². The Balaban J connectivity index is 1.85. The number of rotatable bonds is 10. The summed E-state index contributed by atoms with van der Waals surface area (Å²) in [6.45, 7) is 3.89. The van der Waals surface area contributed by atoms with E-state index in [1.807, 2.05) is 92.7 Å². The summed E-state index contributed by atoms with van der Waals surface area (Å²) in [6.07, 6.45) is 3.09. The van der Waals surface area contributed by atoms with Gasteiger partial charge in [0.15, 0.2) is 0 Å². The van der Waals surface area contributed by atoms with Gasteiger partial charge in [0, 0.05) is 17.6 Å². The number of carbonyl (C=O) groups is 1. The zero-order valence-corrected chi connectivity index (χ0v) is 19.9. The summed E-state index contributed by atoms with van der Waals surface area (Å²) in [7, 11) is -3.85. The standard InChI is InChI=1S/C27H30N2O3S/c1-3-24-16-11-17-25(4-2)27(24)28-26(30)21-29(20-23-14-9-6-10-15-23)33(31,32)19-18-22-12-7-5-8-13-22/h5-19H,3-4,20-21H2,1-2H3,(H,28,30)/b19-18+. The van der Waals surface area contributed by atoms with E-state index in [4.69, 9.17) is 0 Å². The first kappa shape index (κ1) is 24.4. The fraction of sp³-hybridized carbons (Fsp3) is 0.222. The lowest BCUT2D eigenvalue weighted by molar-refractivity contribution is -0.116. The first-order chi connectivity index (χ1) is 15.9. The number of nitrogens with one attached hydrogen (secondary N) is 1. The molecule has 0 spiro atoms. The summed E-state index contributed by atoms with van der Waals surface area (Å²) < 4.78 is 27.6. The van der Waals surface area contributed by atoms with Crippen LogP contribution in [0.15, 0.2) is 84.3 Å². The zero-order chi connectivity index (χ0) is 23.7. The highest BCUT2D eigenvalue weighted by atomic mass is 32.2. The molecule has 0 saturated carbocycles. The van der Waals surface area contributed by atoms with Crippen LogP contribution in [-0.4, -0.2) is 25.2 Å². The molecule has 0 bridgehead atoms. The first-order valence-electron chi connectivity index (χ1n) is 11.1. The summed E-state index contributed by atoms with van der Waals surface area (Å²) in [5, 5.41) is 4.14. The third kappa shape index (κ3) is 6.88. The van der Waals surface area contributed by atoms with Crippen molar-refractivity contribution in [3.8, 4) is 0 Å². The molecule has 5 nitrogen and oxygen atoms in total. The molecule has 172 valence electrons. The number of amides is 1. The van der Waals surface area contributed by atoms with Gasteiger partial charge in [0.1, 0.15) is 0 Å². The van der Waals surface area contributed by atoms with Gasteiger partial charge < -0.3 is 5.32 Å². The van der Waals surface area contributed by atoms with Crippen LogP contribution in [0.5, 0.6) is 0 Å². The number of carbonyl (C=O) groups excluding carboxylic acids is 1. The van der Waals surface area contributed by atoms with E-state index in [9.17, 15) is 13.2 Å². The predicted molar refractivity (Wildman–Crippen MR) is 135 cm³/mol. The van der Waals surface area contributed by atoms with Gasteiger partial charge in [0.2, 0.25) is 15.9 Å². The molecule has 0 radical (unpaired) electrons. The van der Waals surface area contributed by atoms with Crippen molar-refractivity contribution in [1.29, 1.82) is 0 Å². The molecule has 33 heavy (non-hydrogen) atoms. The molecule has 3 rings (SSSR count). The molecular weight excluding hydrogens is 432 g/mol. The third-order valence-electron chi connectivity index (χ3n) is 5.38. The molecule has 3 aromatic rings. The van der Waals surface area contributed by atoms with Crippen molar-refractivity contribution in [3.05, 3.63) is 107 Å². The second-order valence-electron chi connectivity index (χ2n) is 7.72. The number of sulfonamides is 1. The second-order valence-corrected chi connectivity index (χ2v) is 9.54. The van der Waals surface area contributed by atoms with Crippen LogP contribution in [0.4, 0.5) is 5.69 Å². The van der Waals surface area contributed by atoms with E-state index >= 15 is 0 Å². The van der Waals surface area contributed by atoms with E-state index in [-0.39, 0.29) is 19.0 Å². The van der Waals surface area contributed by atoms with Gasteiger partial charge in [-0.25, -0.2) is 8.42 Å². The number of anilines is 1. The fourth-order valence-electron chi connectivity index (χ4n) is 3.58. The topological polar surface area (TPSA) is 66.5 Å². The van der Waals surface area contributed by atoms with Crippen molar-refractivity contribution >= 4 is 27.7 Å². The lowest BCUT2D eigenvalue weighted by Crippen LogP contribution is -2.36. The summed E-state index contributed by atoms with van der Waals surface area (Å²) in [5.41, 5.74) is 4.43. The number of benzene rings is 3. The maximum absolute atomic E-state index is 13.2. The molecule has 0 unspecified atom stereocenters. The van der Waals surface area contributed by atoms with Gasteiger partial charge in [0.05, 0.1) is 6.54 Å². The zero-order valence-electron chi connectivity index (χ0n) is 19.1. The van der Waals surface area contributed by atoms with Crippen molar-refractivity contribution in [2.45, 2.75) is 33.2 Å². The molecular formula is C27H30N2O3S. The van der Waals surface area contributed by atoms with E-state index in [2.05, 4.69) is 5.32 Å². The average molecular weight is 463 g/mol. The summed E-state index contributed by atoms with van der Waals surface area (Å²) in [5.74, 6) is -0.363. The van der Waals surface area contributed by atoms with Crippen LogP contribution < -0.4 is 5.32 Å². The molecule has 0 aliphatic carbocycles. The third-order valence-corrected chi connectivity index (χ3v) is 6.83. The van der Waals surface area contributed by atoms with Gasteiger partial charge in [-0.15, -0.1) is 0 Å². The average Bonchev–Trinajstić information content (AvgIpc) is 2.84. The molecule has 1 amide bonds. The molecule has 0 aliphatic heterocycles. The van der Waals surface area contributed by atoms with Crippen molar-refractivity contribution in [2.24, 2.45) is 0 Å². The minimum absolute atomic E-state index is 0.103. The molecule has 0 aromatic heterocycles. The van der Waals surface area contributed by atoms with Gasteiger partial charge in [-0.2, -0.15) is 4.31 Å². The summed E-state index contributed by atoms with van der Waals surface area (Å²) in [4.78, 5) is 13.0. The quantitative estimate of drug-likeness (QED) is 0.447. The van der Waals surface area contributed by atoms with Crippen LogP contribution >= 0.6 is 0 Å². The van der Waals surface area contributed by atoms with Crippen LogP contribution in [0.25, 0.3) is 6.08 Å². The Kier molecular flexibility index (Phi) is 8.58. The number of hydrogen-bond donors (Lipinski definition) is 1. The highest BCUT2D eigenvalue weighted by molar-refractivity contribution is 7.92. The first-order valence-corrected chi connectivity index (χ1v) is 12.6. The van der Waals surface area contributed by atoms with E-state index in [0.717, 1.165) is 46.2 Å². The monoisotopic (exact) mass is 462 g/mol. The Labute approximate surface area is 196 Å². The van der Waals surface area contributed by atoms with E-state index in [0.29, 0.717) is 0 Å². The van der Waals surface area contributed by atoms with Gasteiger partial charge in [-0.05, 0) is 41.2 Å². The maximum atomic E-state index is 13.2. The Morgan fingerprint density at radius 3 is 2.00 bits per heavy atom. The van der Waals surface area contributed by atoms with Crippen LogP contribution in [-0.2, 0) is 34.2 Å². The Morgan fingerprint density at radius 2 is 1.42 bits per heavy atom. The molecule has 3 aromatic carbocycles. The number of nitrogens with zero attached hydrogens (tertiary/aromatic N) is 1. The Hall–Kier alpha value is -3.22. The van der Waals surface area contributed by atoms with Gasteiger partial charge in [-0.3, -0.25) is 4.79 Å². The molecule has 0 heterocycles. The smallest absolute Gasteiger partial charge is 0.239 e. The maximum Gasteiger partial charge on any atom is 0.239 e. The molecule has 0 saturated heterocycles. The minimum atomic E-state index is -3.85. The van der Waals surface area contributed by atoms with Crippen molar-refractivity contribution in [2.75, 3.05) is 11.9 Å². The number of para-hydroxylation sites is 1.